The third kappa shape index (κ3) is 7.29. The van der Waals surface area contributed by atoms with E-state index in [0.717, 1.165) is 11.1 Å². The van der Waals surface area contributed by atoms with Crippen LogP contribution in [-0.2, 0) is 20.9 Å². The lowest BCUT2D eigenvalue weighted by Crippen LogP contribution is -2.43. The lowest BCUT2D eigenvalue weighted by atomic mass is 10.1. The lowest BCUT2D eigenvalue weighted by molar-refractivity contribution is -0.144. The average Bonchev–Trinajstić information content (AvgIpc) is 2.67. The molecule has 2 N–H and O–H groups in total. The Bertz CT molecular complexity index is 900. The van der Waals surface area contributed by atoms with Gasteiger partial charge < -0.3 is 10.1 Å². The van der Waals surface area contributed by atoms with Crippen molar-refractivity contribution in [3.05, 3.63) is 65.0 Å². The van der Waals surface area contributed by atoms with Gasteiger partial charge in [0.2, 0.25) is 5.91 Å². The van der Waals surface area contributed by atoms with Gasteiger partial charge in [-0.25, -0.2) is 9.18 Å². The van der Waals surface area contributed by atoms with E-state index in [-0.39, 0.29) is 32.1 Å². The number of hydrogen-bond acceptors (Lipinski definition) is 5. The van der Waals surface area contributed by atoms with Crippen molar-refractivity contribution >= 4 is 23.6 Å². The average molecular weight is 415 g/mol. The number of aryl methyl sites for hydroxylation is 1. The van der Waals surface area contributed by atoms with Gasteiger partial charge in [0.15, 0.2) is 0 Å². The number of halogens is 1. The number of carbonyl (C=O) groups excluding carboxylic acids is 3. The smallest absolute Gasteiger partial charge is 0.325 e. The van der Waals surface area contributed by atoms with Crippen molar-refractivity contribution in [3.8, 4) is 0 Å². The molecule has 0 aliphatic carbocycles. The summed E-state index contributed by atoms with van der Waals surface area (Å²) < 4.78 is 18.1. The second kappa shape index (κ2) is 11.1. The highest BCUT2D eigenvalue weighted by Gasteiger charge is 2.18. The highest BCUT2D eigenvalue weighted by Crippen LogP contribution is 2.17. The van der Waals surface area contributed by atoms with E-state index in [0.29, 0.717) is 11.3 Å². The van der Waals surface area contributed by atoms with Gasteiger partial charge in [-0.15, -0.1) is 0 Å². The Morgan fingerprint density at radius 3 is 2.40 bits per heavy atom. The summed E-state index contributed by atoms with van der Waals surface area (Å²) in [6.07, 6.45) is 0. The molecule has 0 spiro atoms. The first-order valence-electron chi connectivity index (χ1n) is 9.58. The van der Waals surface area contributed by atoms with Crippen molar-refractivity contribution in [1.82, 2.24) is 10.2 Å². The molecule has 0 atom stereocenters. The van der Waals surface area contributed by atoms with Gasteiger partial charge in [0, 0.05) is 12.2 Å². The van der Waals surface area contributed by atoms with E-state index in [9.17, 15) is 18.8 Å². The SMILES string of the molecule is CCOC(=O)CN(CC(=O)NC(=O)Nc1cccc(C)c1C)Cc1ccc(F)cc1. The van der Waals surface area contributed by atoms with Crippen LogP contribution in [-0.4, -0.2) is 42.5 Å². The number of imide groups is 1. The third-order valence-electron chi connectivity index (χ3n) is 4.45. The number of anilines is 1. The Morgan fingerprint density at radius 1 is 1.03 bits per heavy atom. The molecule has 3 amide bonds. The summed E-state index contributed by atoms with van der Waals surface area (Å²) in [6, 6.07) is 10.6. The second-order valence-electron chi connectivity index (χ2n) is 6.83. The van der Waals surface area contributed by atoms with Gasteiger partial charge in [0.25, 0.3) is 0 Å². The maximum Gasteiger partial charge on any atom is 0.325 e. The maximum atomic E-state index is 13.1. The third-order valence-corrected chi connectivity index (χ3v) is 4.45. The Morgan fingerprint density at radius 2 is 1.73 bits per heavy atom. The molecule has 0 aromatic heterocycles. The van der Waals surface area contributed by atoms with Crippen LogP contribution >= 0.6 is 0 Å². The van der Waals surface area contributed by atoms with Gasteiger partial charge >= 0.3 is 12.0 Å². The predicted molar refractivity (Wildman–Crippen MR) is 111 cm³/mol. The van der Waals surface area contributed by atoms with Crippen LogP contribution in [0, 0.1) is 19.7 Å². The van der Waals surface area contributed by atoms with Crippen LogP contribution in [0.25, 0.3) is 0 Å². The van der Waals surface area contributed by atoms with Crippen molar-refractivity contribution in [1.29, 1.82) is 0 Å². The number of amides is 3. The number of ether oxygens (including phenoxy) is 1. The molecule has 0 aliphatic rings. The number of nitrogens with zero attached hydrogens (tertiary/aromatic N) is 1. The number of urea groups is 1. The van der Waals surface area contributed by atoms with Crippen LogP contribution in [0.15, 0.2) is 42.5 Å². The fourth-order valence-corrected chi connectivity index (χ4v) is 2.81. The first-order valence-corrected chi connectivity index (χ1v) is 9.58. The van der Waals surface area contributed by atoms with Gasteiger partial charge in [0.1, 0.15) is 5.82 Å². The zero-order chi connectivity index (χ0) is 22.1. The van der Waals surface area contributed by atoms with Crippen LogP contribution in [0.4, 0.5) is 14.9 Å². The first-order chi connectivity index (χ1) is 14.3. The van der Waals surface area contributed by atoms with Crippen molar-refractivity contribution < 1.29 is 23.5 Å². The Balaban J connectivity index is 1.99. The molecule has 7 nitrogen and oxygen atoms in total. The van der Waals surface area contributed by atoms with E-state index in [4.69, 9.17) is 4.74 Å². The number of carbonyl (C=O) groups is 3. The van der Waals surface area contributed by atoms with E-state index in [1.807, 2.05) is 26.0 Å². The molecule has 2 aromatic rings. The number of hydrogen-bond donors (Lipinski definition) is 2. The predicted octanol–water partition coefficient (Wildman–Crippen LogP) is 3.16. The minimum atomic E-state index is -0.661. The van der Waals surface area contributed by atoms with Crippen LogP contribution in [0.5, 0.6) is 0 Å². The number of rotatable bonds is 8. The molecule has 0 aliphatic heterocycles. The topological polar surface area (TPSA) is 87.7 Å². The fraction of sp³-hybridized carbons (Fsp3) is 0.318. The monoisotopic (exact) mass is 415 g/mol. The van der Waals surface area contributed by atoms with Crippen LogP contribution in [0.2, 0.25) is 0 Å². The Hall–Kier alpha value is -3.26. The van der Waals surface area contributed by atoms with Crippen LogP contribution < -0.4 is 10.6 Å². The zero-order valence-electron chi connectivity index (χ0n) is 17.3. The minimum Gasteiger partial charge on any atom is -0.465 e. The second-order valence-corrected chi connectivity index (χ2v) is 6.83. The van der Waals surface area contributed by atoms with E-state index >= 15 is 0 Å². The Labute approximate surface area is 175 Å². The molecule has 8 heteroatoms. The summed E-state index contributed by atoms with van der Waals surface area (Å²) in [5, 5.41) is 4.91. The summed E-state index contributed by atoms with van der Waals surface area (Å²) in [5.74, 6) is -1.45. The number of benzene rings is 2. The molecule has 0 saturated carbocycles. The van der Waals surface area contributed by atoms with Crippen molar-refractivity contribution in [3.63, 3.8) is 0 Å². The summed E-state index contributed by atoms with van der Waals surface area (Å²) in [7, 11) is 0. The molecule has 0 radical (unpaired) electrons. The van der Waals surface area contributed by atoms with Crippen molar-refractivity contribution in [2.75, 3.05) is 25.0 Å². The van der Waals surface area contributed by atoms with Gasteiger partial charge in [-0.3, -0.25) is 19.8 Å². The summed E-state index contributed by atoms with van der Waals surface area (Å²) in [5.41, 5.74) is 3.24. The Kier molecular flexibility index (Phi) is 8.49. The number of esters is 1. The van der Waals surface area contributed by atoms with E-state index in [1.54, 1.807) is 25.1 Å². The fourth-order valence-electron chi connectivity index (χ4n) is 2.81. The molecule has 160 valence electrons. The molecule has 2 rings (SSSR count). The van der Waals surface area contributed by atoms with Crippen LogP contribution in [0.1, 0.15) is 23.6 Å². The summed E-state index contributed by atoms with van der Waals surface area (Å²) in [4.78, 5) is 38.0. The molecule has 30 heavy (non-hydrogen) atoms. The standard InChI is InChI=1S/C22H26FN3O4/c1-4-30-21(28)14-26(12-17-8-10-18(23)11-9-17)13-20(27)25-22(29)24-19-7-5-6-15(2)16(19)3/h5-11H,4,12-14H2,1-3H3,(H2,24,25,27,29). The van der Waals surface area contributed by atoms with Gasteiger partial charge in [-0.05, 0) is 55.7 Å². The normalized spacial score (nSPS) is 10.6. The van der Waals surface area contributed by atoms with E-state index in [1.165, 1.54) is 17.0 Å². The van der Waals surface area contributed by atoms with E-state index in [2.05, 4.69) is 10.6 Å². The minimum absolute atomic E-state index is 0.142. The summed E-state index contributed by atoms with van der Waals surface area (Å²) in [6.45, 7) is 5.56. The molecular weight excluding hydrogens is 389 g/mol. The highest BCUT2D eigenvalue weighted by atomic mass is 19.1. The maximum absolute atomic E-state index is 13.1. The van der Waals surface area contributed by atoms with Crippen LogP contribution in [0.3, 0.4) is 0 Å². The highest BCUT2D eigenvalue weighted by molar-refractivity contribution is 6.02. The van der Waals surface area contributed by atoms with Crippen molar-refractivity contribution in [2.24, 2.45) is 0 Å². The molecule has 0 heterocycles. The molecule has 0 saturated heterocycles. The molecule has 0 fully saturated rings. The molecule has 0 unspecified atom stereocenters. The molecular formula is C22H26FN3O4. The lowest BCUT2D eigenvalue weighted by Gasteiger charge is -2.21. The van der Waals surface area contributed by atoms with Gasteiger partial charge in [-0.1, -0.05) is 24.3 Å². The first kappa shape index (κ1) is 23.0. The van der Waals surface area contributed by atoms with Gasteiger partial charge in [-0.2, -0.15) is 0 Å². The van der Waals surface area contributed by atoms with E-state index < -0.39 is 17.9 Å². The summed E-state index contributed by atoms with van der Waals surface area (Å²) >= 11 is 0. The largest absolute Gasteiger partial charge is 0.465 e. The van der Waals surface area contributed by atoms with Gasteiger partial charge in [0.05, 0.1) is 19.7 Å². The zero-order valence-corrected chi connectivity index (χ0v) is 17.3. The molecule has 2 aromatic carbocycles. The quantitative estimate of drug-likeness (QED) is 0.647. The van der Waals surface area contributed by atoms with Crippen molar-refractivity contribution in [2.45, 2.75) is 27.3 Å². The molecule has 0 bridgehead atoms. The number of nitrogens with one attached hydrogen (secondary N) is 2.